The van der Waals surface area contributed by atoms with E-state index in [0.717, 1.165) is 17.0 Å². The van der Waals surface area contributed by atoms with Crippen molar-refractivity contribution < 1.29 is 27.9 Å². The van der Waals surface area contributed by atoms with Gasteiger partial charge in [-0.3, -0.25) is 9.80 Å². The molecule has 0 unspecified atom stereocenters. The molecule has 2 heterocycles. The van der Waals surface area contributed by atoms with E-state index < -0.39 is 37.8 Å². The number of pyridine rings is 1. The first-order chi connectivity index (χ1) is 21.6. The lowest BCUT2D eigenvalue weighted by molar-refractivity contribution is 0.135. The van der Waals surface area contributed by atoms with Crippen LogP contribution in [-0.2, 0) is 4.43 Å². The van der Waals surface area contributed by atoms with Gasteiger partial charge in [0.15, 0.2) is 20.0 Å². The number of amides is 3. The largest absolute Gasteiger partial charge is 0.465 e. The zero-order chi connectivity index (χ0) is 34.0. The molecule has 14 heteroatoms. The molecule has 10 nitrogen and oxygen atoms in total. The molecule has 4 rings (SSSR count). The van der Waals surface area contributed by atoms with E-state index in [9.17, 15) is 20.0 Å². The monoisotopic (exact) mass is 670 g/mol. The number of carboxylic acid groups (broad SMARTS) is 1. The van der Waals surface area contributed by atoms with Gasteiger partial charge in [0.25, 0.3) is 0 Å². The number of halogens is 3. The van der Waals surface area contributed by atoms with Crippen molar-refractivity contribution in [3.63, 3.8) is 0 Å². The zero-order valence-electron chi connectivity index (χ0n) is 26.6. The summed E-state index contributed by atoms with van der Waals surface area (Å²) in [6.45, 7) is 12.8. The summed E-state index contributed by atoms with van der Waals surface area (Å²) in [6, 6.07) is 9.42. The van der Waals surface area contributed by atoms with Crippen molar-refractivity contribution in [3.8, 4) is 17.2 Å². The Balaban J connectivity index is 1.60. The molecule has 1 aliphatic heterocycles. The lowest BCUT2D eigenvalue weighted by Crippen LogP contribution is -2.44. The Bertz CT molecular complexity index is 1670. The summed E-state index contributed by atoms with van der Waals surface area (Å²) in [5.41, 5.74) is 0.538. The number of hydrogen-bond acceptors (Lipinski definition) is 6. The molecular formula is C32H37ClF2N6O4Si. The summed E-state index contributed by atoms with van der Waals surface area (Å²) in [7, 11) is -2.06. The van der Waals surface area contributed by atoms with Gasteiger partial charge in [0.2, 0.25) is 0 Å². The Labute approximate surface area is 273 Å². The number of fused-ring (bicyclic) bond motifs is 3. The van der Waals surface area contributed by atoms with Crippen molar-refractivity contribution in [1.29, 1.82) is 5.26 Å². The van der Waals surface area contributed by atoms with Gasteiger partial charge in [-0.2, -0.15) is 5.26 Å². The number of nitrogens with zero attached hydrogens (tertiary/aromatic N) is 5. The summed E-state index contributed by atoms with van der Waals surface area (Å²) >= 11 is 6.24. The van der Waals surface area contributed by atoms with Gasteiger partial charge in [-0.25, -0.2) is 23.4 Å². The maximum absolute atomic E-state index is 15.9. The van der Waals surface area contributed by atoms with Crippen molar-refractivity contribution in [2.24, 2.45) is 0 Å². The smallest absolute Gasteiger partial charge is 0.407 e. The Morgan fingerprint density at radius 2 is 1.83 bits per heavy atom. The molecular weight excluding hydrogens is 634 g/mol. The molecule has 2 aromatic carbocycles. The molecule has 3 amide bonds. The van der Waals surface area contributed by atoms with Crippen LogP contribution in [-0.4, -0.2) is 68.2 Å². The predicted molar refractivity (Wildman–Crippen MR) is 178 cm³/mol. The molecule has 0 spiro atoms. The highest BCUT2D eigenvalue weighted by Gasteiger charge is 2.38. The van der Waals surface area contributed by atoms with E-state index in [1.165, 1.54) is 28.1 Å². The maximum Gasteiger partial charge on any atom is 0.407 e. The Kier molecular flexibility index (Phi) is 10.3. The summed E-state index contributed by atoms with van der Waals surface area (Å²) in [6.07, 6.45) is 0.241. The quantitative estimate of drug-likeness (QED) is 0.209. The molecule has 0 radical (unpaired) electrons. The molecule has 0 saturated heterocycles. The number of nitrogens with one attached hydrogen (secondary N) is 1. The minimum atomic E-state index is -2.06. The molecule has 3 aromatic rings. The highest BCUT2D eigenvalue weighted by molar-refractivity contribution is 6.74. The van der Waals surface area contributed by atoms with Crippen LogP contribution in [0.15, 0.2) is 42.6 Å². The van der Waals surface area contributed by atoms with E-state index in [0.29, 0.717) is 16.1 Å². The first kappa shape index (κ1) is 34.6. The number of benzene rings is 2. The fourth-order valence-corrected chi connectivity index (χ4v) is 6.01. The maximum atomic E-state index is 15.9. The molecule has 0 atom stereocenters. The van der Waals surface area contributed by atoms with Crippen LogP contribution in [0.1, 0.15) is 33.3 Å². The minimum Gasteiger partial charge on any atom is -0.465 e. The molecule has 244 valence electrons. The van der Waals surface area contributed by atoms with Gasteiger partial charge in [0.1, 0.15) is 11.5 Å². The zero-order valence-corrected chi connectivity index (χ0v) is 28.4. The molecule has 1 aromatic heterocycles. The molecule has 1 aliphatic rings. The Hall–Kier alpha value is -4.25. The van der Waals surface area contributed by atoms with Crippen LogP contribution in [0.2, 0.25) is 23.2 Å². The van der Waals surface area contributed by atoms with Gasteiger partial charge in [-0.1, -0.05) is 38.4 Å². The summed E-state index contributed by atoms with van der Waals surface area (Å²) in [5, 5.41) is 22.4. The van der Waals surface area contributed by atoms with Crippen molar-refractivity contribution in [3.05, 3.63) is 64.8 Å². The minimum absolute atomic E-state index is 0.0234. The first-order valence-electron chi connectivity index (χ1n) is 14.8. The van der Waals surface area contributed by atoms with Crippen LogP contribution >= 0.6 is 11.6 Å². The third-order valence-electron chi connectivity index (χ3n) is 8.34. The van der Waals surface area contributed by atoms with Gasteiger partial charge < -0.3 is 19.7 Å². The lowest BCUT2D eigenvalue weighted by atomic mass is 10.0. The topological polar surface area (TPSA) is 122 Å². The van der Waals surface area contributed by atoms with Gasteiger partial charge in [-0.15, -0.1) is 0 Å². The predicted octanol–water partition coefficient (Wildman–Crippen LogP) is 8.06. The molecule has 0 aliphatic carbocycles. The Morgan fingerprint density at radius 1 is 1.15 bits per heavy atom. The van der Waals surface area contributed by atoms with Crippen LogP contribution in [0.5, 0.6) is 0 Å². The van der Waals surface area contributed by atoms with Gasteiger partial charge >= 0.3 is 12.1 Å². The van der Waals surface area contributed by atoms with Crippen LogP contribution < -0.4 is 15.1 Å². The number of urea groups is 1. The Morgan fingerprint density at radius 3 is 2.41 bits per heavy atom. The van der Waals surface area contributed by atoms with Gasteiger partial charge in [0, 0.05) is 49.2 Å². The number of aromatic nitrogens is 1. The van der Waals surface area contributed by atoms with E-state index in [1.807, 2.05) is 6.07 Å². The number of nitriles is 1. The average molecular weight is 671 g/mol. The van der Waals surface area contributed by atoms with Gasteiger partial charge in [-0.05, 0) is 55.4 Å². The molecule has 0 fully saturated rings. The van der Waals surface area contributed by atoms with Crippen LogP contribution in [0.3, 0.4) is 0 Å². The SMILES string of the molecule is CCN1C(=O)N(c2c(F)cc(NCCN(CCO[Si](C)(C)C(C)(C)C)C(=O)O)cc2F)c2cc(C#N)ccc2-c2cc(Cl)cnc21. The molecule has 46 heavy (non-hydrogen) atoms. The van der Waals surface area contributed by atoms with Crippen LogP contribution in [0.25, 0.3) is 11.1 Å². The fourth-order valence-electron chi connectivity index (χ4n) is 4.82. The molecule has 0 bridgehead atoms. The van der Waals surface area contributed by atoms with Crippen molar-refractivity contribution in [1.82, 2.24) is 9.88 Å². The van der Waals surface area contributed by atoms with Crippen LogP contribution in [0.4, 0.5) is 41.2 Å². The second-order valence-corrected chi connectivity index (χ2v) is 17.6. The summed E-state index contributed by atoms with van der Waals surface area (Å²) in [4.78, 5) is 33.5. The van der Waals surface area contributed by atoms with Crippen molar-refractivity contribution in [2.75, 3.05) is 47.9 Å². The highest BCUT2D eigenvalue weighted by atomic mass is 35.5. The second-order valence-electron chi connectivity index (χ2n) is 12.3. The average Bonchev–Trinajstić information content (AvgIpc) is 3.07. The van der Waals surface area contributed by atoms with Crippen LogP contribution in [0, 0.1) is 23.0 Å². The normalized spacial score (nSPS) is 13.1. The van der Waals surface area contributed by atoms with Crippen molar-refractivity contribution in [2.45, 2.75) is 45.8 Å². The van der Waals surface area contributed by atoms with E-state index in [2.05, 4.69) is 44.2 Å². The standard InChI is InChI=1S/C32H37ClF2N6O4Si/c1-7-40-29-24(15-21(33)19-38-29)23-9-8-20(18-36)14-27(23)41(30(40)42)28-25(34)16-22(17-26(28)35)37-10-11-39(31(43)44)12-13-45-46(5,6)32(2,3)4/h8-9,14-17,19,37H,7,10-13H2,1-6H3,(H,43,44). The number of rotatable bonds is 10. The number of carbonyl (C=O) groups is 2. The lowest BCUT2D eigenvalue weighted by Gasteiger charge is -2.36. The van der Waals surface area contributed by atoms with E-state index in [4.69, 9.17) is 16.0 Å². The van der Waals surface area contributed by atoms with E-state index >= 15 is 8.78 Å². The summed E-state index contributed by atoms with van der Waals surface area (Å²) in [5.74, 6) is -1.84. The molecule has 0 saturated carbocycles. The third-order valence-corrected chi connectivity index (χ3v) is 13.1. The van der Waals surface area contributed by atoms with E-state index in [1.54, 1.807) is 19.1 Å². The van der Waals surface area contributed by atoms with Gasteiger partial charge in [0.05, 0.1) is 28.9 Å². The highest BCUT2D eigenvalue weighted by Crippen LogP contribution is 2.46. The fraction of sp³-hybridized carbons (Fsp3) is 0.375. The first-order valence-corrected chi connectivity index (χ1v) is 18.0. The summed E-state index contributed by atoms with van der Waals surface area (Å²) < 4.78 is 37.8. The second kappa shape index (κ2) is 13.6. The molecule has 2 N–H and O–H groups in total. The van der Waals surface area contributed by atoms with E-state index in [-0.39, 0.29) is 60.6 Å². The third kappa shape index (κ3) is 7.09. The number of carbonyl (C=O) groups excluding carboxylic acids is 1. The van der Waals surface area contributed by atoms with Crippen molar-refractivity contribution >= 4 is 54.9 Å². The number of hydrogen-bond donors (Lipinski definition) is 2. The number of anilines is 4.